The van der Waals surface area contributed by atoms with Gasteiger partial charge in [0, 0.05) is 21.8 Å². The number of aromatic nitrogens is 1. The molecule has 0 atom stereocenters. The van der Waals surface area contributed by atoms with Crippen LogP contribution in [0.5, 0.6) is 0 Å². The number of anilines is 1. The van der Waals surface area contributed by atoms with E-state index in [9.17, 15) is 4.79 Å². The van der Waals surface area contributed by atoms with E-state index in [1.165, 1.54) is 0 Å². The van der Waals surface area contributed by atoms with Crippen molar-refractivity contribution in [2.75, 3.05) is 5.32 Å². The van der Waals surface area contributed by atoms with Crippen LogP contribution >= 0.6 is 27.5 Å². The molecule has 0 saturated heterocycles. The van der Waals surface area contributed by atoms with Crippen LogP contribution in [0.4, 0.5) is 5.69 Å². The van der Waals surface area contributed by atoms with Gasteiger partial charge in [0.25, 0.3) is 5.91 Å². The van der Waals surface area contributed by atoms with E-state index in [1.54, 1.807) is 36.4 Å². The summed E-state index contributed by atoms with van der Waals surface area (Å²) in [6, 6.07) is 19.9. The highest BCUT2D eigenvalue weighted by molar-refractivity contribution is 9.10. The molecule has 0 unspecified atom stereocenters. The topological polar surface area (TPSA) is 55.1 Å². The molecule has 0 radical (unpaired) electrons. The molecular formula is C20H12BrClN2O2. The largest absolute Gasteiger partial charge is 0.436 e. The fourth-order valence-corrected chi connectivity index (χ4v) is 3.20. The van der Waals surface area contributed by atoms with Crippen molar-refractivity contribution in [3.8, 4) is 11.5 Å². The molecule has 0 aliphatic rings. The lowest BCUT2D eigenvalue weighted by Gasteiger charge is -2.05. The molecule has 6 heteroatoms. The molecule has 1 N–H and O–H groups in total. The second-order valence-corrected chi connectivity index (χ2v) is 6.97. The number of hydrogen-bond donors (Lipinski definition) is 1. The Morgan fingerprint density at radius 1 is 1.04 bits per heavy atom. The van der Waals surface area contributed by atoms with Gasteiger partial charge >= 0.3 is 0 Å². The fraction of sp³-hybridized carbons (Fsp3) is 0. The van der Waals surface area contributed by atoms with E-state index in [1.807, 2.05) is 30.3 Å². The number of carbonyl (C=O) groups is 1. The third-order valence-electron chi connectivity index (χ3n) is 3.84. The zero-order chi connectivity index (χ0) is 18.1. The number of oxazole rings is 1. The van der Waals surface area contributed by atoms with Crippen molar-refractivity contribution in [2.24, 2.45) is 0 Å². The highest BCUT2D eigenvalue weighted by atomic mass is 79.9. The molecule has 0 fully saturated rings. The number of carbonyl (C=O) groups excluding carboxylic acids is 1. The van der Waals surface area contributed by atoms with Gasteiger partial charge in [0.2, 0.25) is 5.89 Å². The van der Waals surface area contributed by atoms with E-state index in [0.717, 1.165) is 10.0 Å². The van der Waals surface area contributed by atoms with Crippen LogP contribution in [0.2, 0.25) is 5.02 Å². The Morgan fingerprint density at radius 3 is 2.69 bits per heavy atom. The Labute approximate surface area is 162 Å². The van der Waals surface area contributed by atoms with Crippen LogP contribution in [0.3, 0.4) is 0 Å². The molecule has 4 aromatic rings. The van der Waals surface area contributed by atoms with E-state index in [-0.39, 0.29) is 5.91 Å². The molecule has 4 rings (SSSR count). The van der Waals surface area contributed by atoms with Crippen molar-refractivity contribution in [2.45, 2.75) is 0 Å². The number of fused-ring (bicyclic) bond motifs is 1. The fourth-order valence-electron chi connectivity index (χ4n) is 2.59. The third-order valence-corrected chi connectivity index (χ3v) is 4.66. The quantitative estimate of drug-likeness (QED) is 0.426. The molecule has 0 aliphatic heterocycles. The number of hydrogen-bond acceptors (Lipinski definition) is 3. The van der Waals surface area contributed by atoms with Crippen molar-refractivity contribution in [3.63, 3.8) is 0 Å². The number of nitrogens with zero attached hydrogens (tertiary/aromatic N) is 1. The molecule has 3 aromatic carbocycles. The minimum Gasteiger partial charge on any atom is -0.436 e. The Bertz CT molecular complexity index is 1120. The van der Waals surface area contributed by atoms with Crippen molar-refractivity contribution < 1.29 is 9.21 Å². The lowest BCUT2D eigenvalue weighted by molar-refractivity contribution is 0.102. The monoisotopic (exact) mass is 426 g/mol. The smallest absolute Gasteiger partial charge is 0.255 e. The van der Waals surface area contributed by atoms with Crippen LogP contribution in [-0.2, 0) is 0 Å². The maximum absolute atomic E-state index is 12.4. The molecule has 4 nitrogen and oxygen atoms in total. The molecule has 26 heavy (non-hydrogen) atoms. The molecular weight excluding hydrogens is 416 g/mol. The summed E-state index contributed by atoms with van der Waals surface area (Å²) in [7, 11) is 0. The van der Waals surface area contributed by atoms with E-state index in [2.05, 4.69) is 26.2 Å². The SMILES string of the molecule is O=C(Nc1ccc2nc(-c3ccccc3Cl)oc2c1)c1cccc(Br)c1. The summed E-state index contributed by atoms with van der Waals surface area (Å²) < 4.78 is 6.68. The van der Waals surface area contributed by atoms with E-state index in [0.29, 0.717) is 33.3 Å². The molecule has 0 aliphatic carbocycles. The van der Waals surface area contributed by atoms with Gasteiger partial charge in [-0.1, -0.05) is 45.7 Å². The average Bonchev–Trinajstić information content (AvgIpc) is 3.05. The van der Waals surface area contributed by atoms with Crippen LogP contribution in [0.1, 0.15) is 10.4 Å². The van der Waals surface area contributed by atoms with Crippen LogP contribution in [0.25, 0.3) is 22.6 Å². The summed E-state index contributed by atoms with van der Waals surface area (Å²) in [6.07, 6.45) is 0. The third kappa shape index (κ3) is 3.36. The molecule has 0 bridgehead atoms. The lowest BCUT2D eigenvalue weighted by Crippen LogP contribution is -2.11. The Hall–Kier alpha value is -2.63. The zero-order valence-electron chi connectivity index (χ0n) is 13.4. The Morgan fingerprint density at radius 2 is 1.88 bits per heavy atom. The summed E-state index contributed by atoms with van der Waals surface area (Å²) in [5.41, 5.74) is 3.19. The van der Waals surface area contributed by atoms with Gasteiger partial charge in [-0.3, -0.25) is 4.79 Å². The van der Waals surface area contributed by atoms with Gasteiger partial charge in [-0.15, -0.1) is 0 Å². The molecule has 1 aromatic heterocycles. The van der Waals surface area contributed by atoms with Crippen LogP contribution in [0, 0.1) is 0 Å². The minimum absolute atomic E-state index is 0.198. The Kier molecular flexibility index (Phi) is 4.49. The van der Waals surface area contributed by atoms with Gasteiger partial charge in [0.05, 0.1) is 10.6 Å². The van der Waals surface area contributed by atoms with Crippen molar-refractivity contribution in [1.29, 1.82) is 0 Å². The second-order valence-electron chi connectivity index (χ2n) is 5.65. The first kappa shape index (κ1) is 16.8. The standard InChI is InChI=1S/C20H12BrClN2O2/c21-13-5-3-4-12(10-13)19(25)23-14-8-9-17-18(11-14)26-20(24-17)15-6-1-2-7-16(15)22/h1-11H,(H,23,25). The molecule has 1 heterocycles. The first-order valence-electron chi connectivity index (χ1n) is 7.82. The number of nitrogens with one attached hydrogen (secondary N) is 1. The zero-order valence-corrected chi connectivity index (χ0v) is 15.7. The Balaban J connectivity index is 1.64. The van der Waals surface area contributed by atoms with Crippen molar-refractivity contribution in [1.82, 2.24) is 4.98 Å². The summed E-state index contributed by atoms with van der Waals surface area (Å²) in [4.78, 5) is 16.8. The molecule has 0 saturated carbocycles. The average molecular weight is 428 g/mol. The second kappa shape index (κ2) is 6.94. The summed E-state index contributed by atoms with van der Waals surface area (Å²) >= 11 is 9.57. The number of rotatable bonds is 3. The minimum atomic E-state index is -0.198. The van der Waals surface area contributed by atoms with Crippen LogP contribution < -0.4 is 5.32 Å². The van der Waals surface area contributed by atoms with E-state index >= 15 is 0 Å². The van der Waals surface area contributed by atoms with Gasteiger partial charge in [-0.2, -0.15) is 0 Å². The first-order chi connectivity index (χ1) is 12.6. The number of amides is 1. The highest BCUT2D eigenvalue weighted by Crippen LogP contribution is 2.30. The van der Waals surface area contributed by atoms with Gasteiger partial charge in [-0.25, -0.2) is 4.98 Å². The normalized spacial score (nSPS) is 10.8. The van der Waals surface area contributed by atoms with E-state index < -0.39 is 0 Å². The van der Waals surface area contributed by atoms with Crippen molar-refractivity contribution >= 4 is 50.2 Å². The van der Waals surface area contributed by atoms with Gasteiger partial charge in [0.1, 0.15) is 5.52 Å². The van der Waals surface area contributed by atoms with E-state index in [4.69, 9.17) is 16.0 Å². The van der Waals surface area contributed by atoms with Gasteiger partial charge in [0.15, 0.2) is 5.58 Å². The van der Waals surface area contributed by atoms with Gasteiger partial charge in [-0.05, 0) is 42.5 Å². The molecule has 1 amide bonds. The predicted molar refractivity (Wildman–Crippen MR) is 107 cm³/mol. The first-order valence-corrected chi connectivity index (χ1v) is 9.00. The number of benzene rings is 3. The highest BCUT2D eigenvalue weighted by Gasteiger charge is 2.13. The summed E-state index contributed by atoms with van der Waals surface area (Å²) in [5.74, 6) is 0.248. The molecule has 0 spiro atoms. The molecule has 128 valence electrons. The lowest BCUT2D eigenvalue weighted by atomic mass is 10.2. The predicted octanol–water partition coefficient (Wildman–Crippen LogP) is 6.16. The summed E-state index contributed by atoms with van der Waals surface area (Å²) in [6.45, 7) is 0. The van der Waals surface area contributed by atoms with Crippen LogP contribution in [-0.4, -0.2) is 10.9 Å². The maximum atomic E-state index is 12.4. The van der Waals surface area contributed by atoms with Crippen molar-refractivity contribution in [3.05, 3.63) is 81.8 Å². The summed E-state index contributed by atoms with van der Waals surface area (Å²) in [5, 5.41) is 3.44. The maximum Gasteiger partial charge on any atom is 0.255 e. The van der Waals surface area contributed by atoms with Gasteiger partial charge < -0.3 is 9.73 Å². The number of halogens is 2. The van der Waals surface area contributed by atoms with Crippen LogP contribution in [0.15, 0.2) is 75.6 Å².